The molecule has 1 nitrogen and oxygen atoms in total. The van der Waals surface area contributed by atoms with E-state index in [1.54, 1.807) is 5.56 Å². The van der Waals surface area contributed by atoms with Crippen molar-refractivity contribution < 1.29 is 0 Å². The van der Waals surface area contributed by atoms with Crippen molar-refractivity contribution in [3.63, 3.8) is 0 Å². The second kappa shape index (κ2) is 6.56. The van der Waals surface area contributed by atoms with Gasteiger partial charge in [-0.15, -0.1) is 0 Å². The fraction of sp³-hybridized carbons (Fsp3) is 0.667. The molecule has 0 unspecified atom stereocenters. The van der Waals surface area contributed by atoms with Crippen LogP contribution in [0.5, 0.6) is 0 Å². The van der Waals surface area contributed by atoms with Crippen LogP contribution in [0.15, 0.2) is 6.07 Å². The van der Waals surface area contributed by atoms with Crippen LogP contribution in [0.4, 0.5) is 0 Å². The van der Waals surface area contributed by atoms with Crippen molar-refractivity contribution in [2.24, 2.45) is 0 Å². The van der Waals surface area contributed by atoms with Crippen LogP contribution >= 0.6 is 0 Å². The molecule has 1 rings (SSSR count). The van der Waals surface area contributed by atoms with Crippen LogP contribution in [0.25, 0.3) is 0 Å². The van der Waals surface area contributed by atoms with Crippen LogP contribution in [0, 0.1) is 27.7 Å². The molecule has 0 aromatic heterocycles. The summed E-state index contributed by atoms with van der Waals surface area (Å²) in [6.45, 7) is 18.2. The van der Waals surface area contributed by atoms with Crippen molar-refractivity contribution in [3.8, 4) is 0 Å². The lowest BCUT2D eigenvalue weighted by molar-refractivity contribution is 0.452. The zero-order valence-electron chi connectivity index (χ0n) is 13.9. The van der Waals surface area contributed by atoms with Crippen molar-refractivity contribution in [2.75, 3.05) is 13.1 Å². The van der Waals surface area contributed by atoms with E-state index in [0.29, 0.717) is 0 Å². The first kappa shape index (κ1) is 16.2. The molecule has 108 valence electrons. The average molecular weight is 261 g/mol. The van der Waals surface area contributed by atoms with E-state index in [2.05, 4.69) is 59.8 Å². The van der Waals surface area contributed by atoms with Crippen LogP contribution in [0.2, 0.25) is 0 Å². The van der Waals surface area contributed by atoms with Gasteiger partial charge in [0.25, 0.3) is 0 Å². The Kier molecular flexibility index (Phi) is 5.61. The monoisotopic (exact) mass is 261 g/mol. The van der Waals surface area contributed by atoms with Gasteiger partial charge >= 0.3 is 0 Å². The summed E-state index contributed by atoms with van der Waals surface area (Å²) < 4.78 is 0. The minimum atomic E-state index is 0.242. The van der Waals surface area contributed by atoms with Gasteiger partial charge in [0.15, 0.2) is 0 Å². The third kappa shape index (κ3) is 3.82. The molecule has 0 aliphatic carbocycles. The first-order chi connectivity index (χ1) is 8.81. The summed E-state index contributed by atoms with van der Waals surface area (Å²) in [7, 11) is 0. The molecule has 0 amide bonds. The molecule has 0 aliphatic heterocycles. The summed E-state index contributed by atoms with van der Waals surface area (Å²) in [6, 6.07) is 2.32. The molecule has 19 heavy (non-hydrogen) atoms. The lowest BCUT2D eigenvalue weighted by atomic mass is 9.75. The molecule has 0 fully saturated rings. The molecule has 1 N–H and O–H groups in total. The van der Waals surface area contributed by atoms with Gasteiger partial charge in [-0.2, -0.15) is 0 Å². The van der Waals surface area contributed by atoms with Gasteiger partial charge in [0.2, 0.25) is 0 Å². The van der Waals surface area contributed by atoms with E-state index in [-0.39, 0.29) is 5.41 Å². The maximum absolute atomic E-state index is 3.53. The topological polar surface area (TPSA) is 12.0 Å². The Labute approximate surface area is 119 Å². The Morgan fingerprint density at radius 3 is 1.95 bits per heavy atom. The van der Waals surface area contributed by atoms with Gasteiger partial charge in [-0.25, -0.2) is 0 Å². The minimum Gasteiger partial charge on any atom is -0.317 e. The lowest BCUT2D eigenvalue weighted by Gasteiger charge is -2.31. The Morgan fingerprint density at radius 2 is 1.47 bits per heavy atom. The second-order valence-corrected chi connectivity index (χ2v) is 6.52. The fourth-order valence-corrected chi connectivity index (χ4v) is 3.06. The van der Waals surface area contributed by atoms with E-state index in [9.17, 15) is 0 Å². The van der Waals surface area contributed by atoms with Crippen LogP contribution in [0.3, 0.4) is 0 Å². The Bertz CT molecular complexity index is 404. The summed E-state index contributed by atoms with van der Waals surface area (Å²) in [5, 5.41) is 3.53. The number of hydrogen-bond acceptors (Lipinski definition) is 1. The number of benzene rings is 1. The van der Waals surface area contributed by atoms with Crippen molar-refractivity contribution in [1.29, 1.82) is 0 Å². The highest BCUT2D eigenvalue weighted by Gasteiger charge is 2.25. The van der Waals surface area contributed by atoms with E-state index >= 15 is 0 Å². The first-order valence-corrected chi connectivity index (χ1v) is 7.60. The minimum absolute atomic E-state index is 0.242. The predicted molar refractivity (Wildman–Crippen MR) is 86.2 cm³/mol. The summed E-state index contributed by atoms with van der Waals surface area (Å²) in [5.74, 6) is 0. The van der Waals surface area contributed by atoms with Crippen molar-refractivity contribution >= 4 is 0 Å². The number of aryl methyl sites for hydroxylation is 2. The quantitative estimate of drug-likeness (QED) is 0.739. The molecule has 0 bridgehead atoms. The molecule has 0 saturated carbocycles. The van der Waals surface area contributed by atoms with Gasteiger partial charge in [-0.3, -0.25) is 0 Å². The normalized spacial score (nSPS) is 11.9. The van der Waals surface area contributed by atoms with Gasteiger partial charge in [0.05, 0.1) is 0 Å². The average Bonchev–Trinajstić information content (AvgIpc) is 2.32. The SMILES string of the molecule is CCCNCCC(C)(C)c1c(C)c(C)cc(C)c1C. The summed E-state index contributed by atoms with van der Waals surface area (Å²) in [4.78, 5) is 0. The first-order valence-electron chi connectivity index (χ1n) is 7.60. The largest absolute Gasteiger partial charge is 0.317 e. The smallest absolute Gasteiger partial charge is 0.00406 e. The van der Waals surface area contributed by atoms with Crippen molar-refractivity contribution in [3.05, 3.63) is 33.9 Å². The molecule has 0 radical (unpaired) electrons. The highest BCUT2D eigenvalue weighted by atomic mass is 14.8. The van der Waals surface area contributed by atoms with Gasteiger partial charge in [-0.1, -0.05) is 26.8 Å². The van der Waals surface area contributed by atoms with E-state index in [1.807, 2.05) is 0 Å². The zero-order valence-corrected chi connectivity index (χ0v) is 13.9. The second-order valence-electron chi connectivity index (χ2n) is 6.52. The number of rotatable bonds is 6. The fourth-order valence-electron chi connectivity index (χ4n) is 3.06. The van der Waals surface area contributed by atoms with Gasteiger partial charge in [0, 0.05) is 0 Å². The summed E-state index contributed by atoms with van der Waals surface area (Å²) in [5.41, 5.74) is 7.60. The van der Waals surface area contributed by atoms with E-state index in [0.717, 1.165) is 13.1 Å². The number of hydrogen-bond donors (Lipinski definition) is 1. The third-order valence-electron chi connectivity index (χ3n) is 4.40. The molecule has 0 atom stereocenters. The standard InChI is InChI=1S/C18H31N/c1-8-10-19-11-9-18(6,7)17-15(4)13(2)12-14(3)16(17)5/h12,19H,8-11H2,1-7H3. The molecule has 1 aromatic carbocycles. The Hall–Kier alpha value is -0.820. The summed E-state index contributed by atoms with van der Waals surface area (Å²) >= 11 is 0. The van der Waals surface area contributed by atoms with Crippen LogP contribution < -0.4 is 5.32 Å². The summed E-state index contributed by atoms with van der Waals surface area (Å²) in [6.07, 6.45) is 2.40. The van der Waals surface area contributed by atoms with Crippen LogP contribution in [-0.4, -0.2) is 13.1 Å². The molecule has 0 heterocycles. The zero-order chi connectivity index (χ0) is 14.6. The van der Waals surface area contributed by atoms with Crippen molar-refractivity contribution in [2.45, 2.75) is 66.7 Å². The van der Waals surface area contributed by atoms with E-state index < -0.39 is 0 Å². The highest BCUT2D eigenvalue weighted by Crippen LogP contribution is 2.35. The van der Waals surface area contributed by atoms with Crippen molar-refractivity contribution in [1.82, 2.24) is 5.32 Å². The number of nitrogens with one attached hydrogen (secondary N) is 1. The molecule has 0 spiro atoms. The maximum Gasteiger partial charge on any atom is -0.00406 e. The Balaban J connectivity index is 3.00. The van der Waals surface area contributed by atoms with E-state index in [4.69, 9.17) is 0 Å². The van der Waals surface area contributed by atoms with Crippen LogP contribution in [-0.2, 0) is 5.41 Å². The molecular weight excluding hydrogens is 230 g/mol. The highest BCUT2D eigenvalue weighted by molar-refractivity contribution is 5.47. The molecule has 0 saturated heterocycles. The van der Waals surface area contributed by atoms with Gasteiger partial charge in [0.1, 0.15) is 0 Å². The molecule has 1 heteroatoms. The predicted octanol–water partition coefficient (Wildman–Crippen LogP) is 4.59. The van der Waals surface area contributed by atoms with Crippen LogP contribution in [0.1, 0.15) is 61.4 Å². The third-order valence-corrected chi connectivity index (χ3v) is 4.40. The van der Waals surface area contributed by atoms with E-state index in [1.165, 1.54) is 35.1 Å². The van der Waals surface area contributed by atoms with Gasteiger partial charge in [-0.05, 0) is 86.9 Å². The van der Waals surface area contributed by atoms with Gasteiger partial charge < -0.3 is 5.32 Å². The lowest BCUT2D eigenvalue weighted by Crippen LogP contribution is -2.28. The Morgan fingerprint density at radius 1 is 0.947 bits per heavy atom. The maximum atomic E-state index is 3.53. The molecular formula is C18H31N. The molecule has 0 aliphatic rings. The molecule has 1 aromatic rings.